The smallest absolute Gasteiger partial charge is 0.258 e. The molecule has 1 unspecified atom stereocenters. The lowest BCUT2D eigenvalue weighted by molar-refractivity contribution is -0.387. The molecule has 2 aromatic carbocycles. The van der Waals surface area contributed by atoms with Crippen LogP contribution in [0.5, 0.6) is 0 Å². The largest absolute Gasteiger partial charge is 0.289 e. The van der Waals surface area contributed by atoms with Gasteiger partial charge in [-0.1, -0.05) is 28.1 Å². The molecule has 1 saturated heterocycles. The van der Waals surface area contributed by atoms with Gasteiger partial charge in [-0.15, -0.1) is 0 Å². The SMILES string of the molecule is C[C@@]1(c2cc(Br)ccc2F)CN1S(=O)(=O)c1ccccc1[N+](=O)[O-]. The molecule has 1 heterocycles. The average molecular weight is 415 g/mol. The molecule has 3 rings (SSSR count). The number of sulfonamides is 1. The molecule has 0 saturated carbocycles. The summed E-state index contributed by atoms with van der Waals surface area (Å²) < 4.78 is 41.4. The van der Waals surface area contributed by atoms with Crippen LogP contribution < -0.4 is 0 Å². The zero-order chi connectivity index (χ0) is 17.7. The minimum Gasteiger partial charge on any atom is -0.258 e. The molecule has 24 heavy (non-hydrogen) atoms. The van der Waals surface area contributed by atoms with Crippen LogP contribution in [-0.2, 0) is 15.6 Å². The number of nitrogens with zero attached hydrogens (tertiary/aromatic N) is 2. The van der Waals surface area contributed by atoms with Crippen LogP contribution in [-0.4, -0.2) is 24.2 Å². The zero-order valence-electron chi connectivity index (χ0n) is 12.4. The summed E-state index contributed by atoms with van der Waals surface area (Å²) in [6, 6.07) is 9.41. The van der Waals surface area contributed by atoms with Crippen LogP contribution in [0, 0.1) is 15.9 Å². The predicted molar refractivity (Wildman–Crippen MR) is 88.4 cm³/mol. The summed E-state index contributed by atoms with van der Waals surface area (Å²) in [5, 5.41) is 11.1. The zero-order valence-corrected chi connectivity index (χ0v) is 14.8. The van der Waals surface area contributed by atoms with Gasteiger partial charge in [0.15, 0.2) is 4.90 Å². The van der Waals surface area contributed by atoms with E-state index in [1.165, 1.54) is 36.4 Å². The topological polar surface area (TPSA) is 80.3 Å². The van der Waals surface area contributed by atoms with Gasteiger partial charge in [-0.3, -0.25) is 10.1 Å². The van der Waals surface area contributed by atoms with Crippen molar-refractivity contribution in [3.05, 3.63) is 68.4 Å². The van der Waals surface area contributed by atoms with E-state index in [-0.39, 0.29) is 12.1 Å². The summed E-state index contributed by atoms with van der Waals surface area (Å²) in [4.78, 5) is 9.96. The van der Waals surface area contributed by atoms with Crippen molar-refractivity contribution in [1.29, 1.82) is 0 Å². The van der Waals surface area contributed by atoms with Gasteiger partial charge in [0.05, 0.1) is 10.5 Å². The third-order valence-electron chi connectivity index (χ3n) is 4.04. The van der Waals surface area contributed by atoms with Gasteiger partial charge in [-0.2, -0.15) is 4.31 Å². The fourth-order valence-electron chi connectivity index (χ4n) is 2.67. The number of hydrogen-bond donors (Lipinski definition) is 0. The van der Waals surface area contributed by atoms with E-state index in [2.05, 4.69) is 15.9 Å². The normalized spacial score (nSPS) is 23.0. The van der Waals surface area contributed by atoms with E-state index in [9.17, 15) is 22.9 Å². The van der Waals surface area contributed by atoms with Gasteiger partial charge >= 0.3 is 0 Å². The maximum atomic E-state index is 14.1. The van der Waals surface area contributed by atoms with Gasteiger partial charge in [0.1, 0.15) is 5.82 Å². The van der Waals surface area contributed by atoms with E-state index in [1.54, 1.807) is 6.92 Å². The fourth-order valence-corrected chi connectivity index (χ4v) is 4.98. The third kappa shape index (κ3) is 2.62. The predicted octanol–water partition coefficient (Wildman–Crippen LogP) is 3.42. The van der Waals surface area contributed by atoms with Crippen LogP contribution in [0.2, 0.25) is 0 Å². The minimum absolute atomic E-state index is 0.0504. The molecule has 6 nitrogen and oxygen atoms in total. The maximum Gasteiger partial charge on any atom is 0.289 e. The summed E-state index contributed by atoms with van der Waals surface area (Å²) in [5.41, 5.74) is -1.35. The first-order chi connectivity index (χ1) is 11.2. The molecule has 0 amide bonds. The Hall–Kier alpha value is -1.84. The highest BCUT2D eigenvalue weighted by atomic mass is 79.9. The second kappa shape index (κ2) is 5.61. The summed E-state index contributed by atoms with van der Waals surface area (Å²) in [6.45, 7) is 1.64. The molecule has 1 fully saturated rings. The molecular weight excluding hydrogens is 403 g/mol. The molecule has 0 N–H and O–H groups in total. The first kappa shape index (κ1) is 17.0. The van der Waals surface area contributed by atoms with Crippen LogP contribution in [0.1, 0.15) is 12.5 Å². The van der Waals surface area contributed by atoms with E-state index in [4.69, 9.17) is 0 Å². The lowest BCUT2D eigenvalue weighted by Crippen LogP contribution is -2.21. The maximum absolute atomic E-state index is 14.1. The molecule has 0 radical (unpaired) electrons. The van der Waals surface area contributed by atoms with Crippen molar-refractivity contribution in [3.8, 4) is 0 Å². The Morgan fingerprint density at radius 3 is 2.62 bits per heavy atom. The Morgan fingerprint density at radius 2 is 1.96 bits per heavy atom. The quantitative estimate of drug-likeness (QED) is 0.436. The van der Waals surface area contributed by atoms with Crippen molar-refractivity contribution in [2.45, 2.75) is 17.4 Å². The highest BCUT2D eigenvalue weighted by Gasteiger charge is 2.58. The van der Waals surface area contributed by atoms with Gasteiger partial charge in [0.2, 0.25) is 0 Å². The Morgan fingerprint density at radius 1 is 1.29 bits per heavy atom. The third-order valence-corrected chi connectivity index (χ3v) is 6.54. The van der Waals surface area contributed by atoms with Gasteiger partial charge in [-0.25, -0.2) is 12.8 Å². The molecule has 9 heteroatoms. The molecule has 2 aromatic rings. The van der Waals surface area contributed by atoms with Gasteiger partial charge in [-0.05, 0) is 31.2 Å². The van der Waals surface area contributed by atoms with E-state index >= 15 is 0 Å². The molecule has 0 aliphatic carbocycles. The number of nitro benzene ring substituents is 1. The van der Waals surface area contributed by atoms with Crippen LogP contribution in [0.4, 0.5) is 10.1 Å². The molecule has 1 aliphatic heterocycles. The van der Waals surface area contributed by atoms with Crippen molar-refractivity contribution in [2.24, 2.45) is 0 Å². The molecule has 1 aliphatic rings. The second-order valence-electron chi connectivity index (χ2n) is 5.63. The van der Waals surface area contributed by atoms with Crippen LogP contribution in [0.3, 0.4) is 0 Å². The highest BCUT2D eigenvalue weighted by Crippen LogP contribution is 2.48. The second-order valence-corrected chi connectivity index (χ2v) is 8.38. The van der Waals surface area contributed by atoms with Crippen molar-refractivity contribution in [1.82, 2.24) is 4.31 Å². The Labute approximate surface area is 146 Å². The molecule has 0 spiro atoms. The number of benzene rings is 2. The summed E-state index contributed by atoms with van der Waals surface area (Å²) in [5.74, 6) is -0.527. The molecule has 0 bridgehead atoms. The Balaban J connectivity index is 2.05. The number of halogens is 2. The molecule has 2 atom stereocenters. The lowest BCUT2D eigenvalue weighted by Gasteiger charge is -2.15. The standard InChI is InChI=1S/C15H12BrFN2O4S/c1-15(11-8-10(16)6-7-12(11)17)9-18(15)24(22,23)14-5-3-2-4-13(14)19(20)21/h2-8H,9H2,1H3/t15-,18?/m0/s1. The summed E-state index contributed by atoms with van der Waals surface area (Å²) >= 11 is 3.24. The van der Waals surface area contributed by atoms with E-state index in [0.717, 1.165) is 10.4 Å². The summed E-state index contributed by atoms with van der Waals surface area (Å²) in [7, 11) is -4.12. The van der Waals surface area contributed by atoms with E-state index in [1.807, 2.05) is 0 Å². The fraction of sp³-hybridized carbons (Fsp3) is 0.200. The van der Waals surface area contributed by atoms with Crippen LogP contribution >= 0.6 is 15.9 Å². The van der Waals surface area contributed by atoms with Gasteiger partial charge < -0.3 is 0 Å². The lowest BCUT2D eigenvalue weighted by atomic mass is 10.0. The number of hydrogen-bond acceptors (Lipinski definition) is 4. The monoisotopic (exact) mass is 414 g/mol. The molecule has 0 aromatic heterocycles. The summed E-state index contributed by atoms with van der Waals surface area (Å²) in [6.07, 6.45) is 0. The highest BCUT2D eigenvalue weighted by molar-refractivity contribution is 9.10. The van der Waals surface area contributed by atoms with Gasteiger partial charge in [0, 0.05) is 22.6 Å². The Bertz CT molecular complexity index is 950. The van der Waals surface area contributed by atoms with Crippen molar-refractivity contribution in [3.63, 3.8) is 0 Å². The van der Waals surface area contributed by atoms with E-state index < -0.39 is 36.9 Å². The van der Waals surface area contributed by atoms with Crippen molar-refractivity contribution in [2.75, 3.05) is 6.54 Å². The van der Waals surface area contributed by atoms with Gasteiger partial charge in [0.25, 0.3) is 15.7 Å². The number of nitro groups is 1. The van der Waals surface area contributed by atoms with Crippen molar-refractivity contribution >= 4 is 31.6 Å². The Kier molecular flexibility index (Phi) is 3.97. The van der Waals surface area contributed by atoms with E-state index in [0.29, 0.717) is 4.47 Å². The number of rotatable bonds is 4. The van der Waals surface area contributed by atoms with Crippen LogP contribution in [0.15, 0.2) is 51.8 Å². The van der Waals surface area contributed by atoms with Crippen LogP contribution in [0.25, 0.3) is 0 Å². The van der Waals surface area contributed by atoms with Crippen molar-refractivity contribution < 1.29 is 17.7 Å². The molecular formula is C15H12BrFN2O4S. The first-order valence-electron chi connectivity index (χ1n) is 6.90. The first-order valence-corrected chi connectivity index (χ1v) is 9.13. The average Bonchev–Trinajstić information content (AvgIpc) is 3.24. The number of para-hydroxylation sites is 1. The molecule has 126 valence electrons. The minimum atomic E-state index is -4.12.